The maximum Gasteiger partial charge on any atom is 0.0485 e. The van der Waals surface area contributed by atoms with Gasteiger partial charge >= 0.3 is 0 Å². The highest BCUT2D eigenvalue weighted by molar-refractivity contribution is 6.19. The molecule has 0 saturated carbocycles. The second-order valence-electron chi connectivity index (χ2n) is 12.1. The van der Waals surface area contributed by atoms with Gasteiger partial charge < -0.3 is 5.32 Å². The normalized spacial score (nSPS) is 19.3. The zero-order valence-electron chi connectivity index (χ0n) is 24.1. The van der Waals surface area contributed by atoms with Gasteiger partial charge in [-0.3, -0.25) is 0 Å². The molecule has 42 heavy (non-hydrogen) atoms. The van der Waals surface area contributed by atoms with Crippen molar-refractivity contribution in [3.8, 4) is 11.1 Å². The van der Waals surface area contributed by atoms with E-state index >= 15 is 0 Å². The fraction of sp³-hybridized carbons (Fsp3) is 0.171. The first-order valence-corrected chi connectivity index (χ1v) is 15.4. The lowest BCUT2D eigenvalue weighted by molar-refractivity contribution is 0.627. The van der Waals surface area contributed by atoms with E-state index in [1.807, 2.05) is 0 Å². The third kappa shape index (κ3) is 4.41. The Labute approximate surface area is 248 Å². The average Bonchev–Trinajstić information content (AvgIpc) is 3.00. The van der Waals surface area contributed by atoms with Crippen LogP contribution in [0.3, 0.4) is 0 Å². The number of fused-ring (bicyclic) bond motifs is 3. The Bertz CT molecular complexity index is 1930. The molecule has 1 N–H and O–H groups in total. The summed E-state index contributed by atoms with van der Waals surface area (Å²) in [6.45, 7) is 2.18. The maximum absolute atomic E-state index is 3.92. The van der Waals surface area contributed by atoms with Crippen LogP contribution in [0.2, 0.25) is 0 Å². The zero-order chi connectivity index (χ0) is 28.0. The quantitative estimate of drug-likeness (QED) is 0.218. The summed E-state index contributed by atoms with van der Waals surface area (Å²) in [5.41, 5.74) is 12.4. The minimum Gasteiger partial charge on any atom is -0.382 e. The van der Waals surface area contributed by atoms with E-state index < -0.39 is 0 Å². The highest BCUT2D eigenvalue weighted by Gasteiger charge is 2.22. The molecule has 0 radical (unpaired) electrons. The molecule has 8 rings (SSSR count). The van der Waals surface area contributed by atoms with Gasteiger partial charge in [-0.1, -0.05) is 127 Å². The molecule has 0 spiro atoms. The predicted octanol–water partition coefficient (Wildman–Crippen LogP) is 10.00. The molecular weight excluding hydrogens is 506 g/mol. The minimum atomic E-state index is 0.259. The first-order valence-electron chi connectivity index (χ1n) is 15.4. The summed E-state index contributed by atoms with van der Waals surface area (Å²) in [7, 11) is 0. The molecule has 3 aliphatic rings. The summed E-state index contributed by atoms with van der Waals surface area (Å²) >= 11 is 0. The molecule has 2 atom stereocenters. The summed E-state index contributed by atoms with van der Waals surface area (Å²) in [5.74, 6) is 0.438. The Morgan fingerprint density at radius 3 is 2.14 bits per heavy atom. The molecule has 0 aliphatic heterocycles. The Kier molecular flexibility index (Phi) is 6.18. The Balaban J connectivity index is 1.16. The summed E-state index contributed by atoms with van der Waals surface area (Å²) in [6.07, 6.45) is 18.5. The van der Waals surface area contributed by atoms with E-state index in [2.05, 4.69) is 140 Å². The van der Waals surface area contributed by atoms with Crippen molar-refractivity contribution < 1.29 is 0 Å². The lowest BCUT2D eigenvalue weighted by Gasteiger charge is -2.27. The van der Waals surface area contributed by atoms with Crippen LogP contribution in [0.1, 0.15) is 46.6 Å². The van der Waals surface area contributed by atoms with E-state index in [1.165, 1.54) is 79.0 Å². The van der Waals surface area contributed by atoms with Gasteiger partial charge in [0.1, 0.15) is 0 Å². The highest BCUT2D eigenvalue weighted by Crippen LogP contribution is 2.43. The standard InChI is InChI=1S/C41H35N/c1-27-9-6-11-32(23-27)40-36-15-2-4-17-38(36)41(39-18-5-3-16-37(39)40)33-12-8-14-35(26-33)42-34-13-7-10-29(25-34)31-22-20-28-19-21-30(28)24-31/h2-13,15-18,20,22-24,26,29,35,42H,14,19,21,25H2,1H3. The van der Waals surface area contributed by atoms with Crippen LogP contribution < -0.4 is 5.32 Å². The van der Waals surface area contributed by atoms with Crippen LogP contribution in [0.4, 0.5) is 0 Å². The minimum absolute atomic E-state index is 0.259. The highest BCUT2D eigenvalue weighted by atomic mass is 14.9. The van der Waals surface area contributed by atoms with E-state index in [0.717, 1.165) is 12.8 Å². The molecule has 1 heteroatoms. The van der Waals surface area contributed by atoms with Crippen molar-refractivity contribution in [2.75, 3.05) is 0 Å². The van der Waals surface area contributed by atoms with Gasteiger partial charge in [0.05, 0.1) is 0 Å². The average molecular weight is 542 g/mol. The molecule has 0 bridgehead atoms. The van der Waals surface area contributed by atoms with E-state index in [4.69, 9.17) is 0 Å². The summed E-state index contributed by atoms with van der Waals surface area (Å²) in [4.78, 5) is 0. The van der Waals surface area contributed by atoms with Crippen LogP contribution in [0.15, 0.2) is 133 Å². The van der Waals surface area contributed by atoms with Gasteiger partial charge in [0.15, 0.2) is 0 Å². The smallest absolute Gasteiger partial charge is 0.0485 e. The van der Waals surface area contributed by atoms with Crippen molar-refractivity contribution in [2.45, 2.75) is 44.6 Å². The molecule has 2 unspecified atom stereocenters. The lowest BCUT2D eigenvalue weighted by Crippen LogP contribution is -2.28. The van der Waals surface area contributed by atoms with Crippen molar-refractivity contribution in [3.63, 3.8) is 0 Å². The molecule has 0 fully saturated rings. The second kappa shape index (κ2) is 10.3. The lowest BCUT2D eigenvalue weighted by atomic mass is 9.82. The van der Waals surface area contributed by atoms with Gasteiger partial charge in [-0.2, -0.15) is 0 Å². The largest absolute Gasteiger partial charge is 0.382 e. The van der Waals surface area contributed by atoms with Crippen LogP contribution >= 0.6 is 0 Å². The van der Waals surface area contributed by atoms with Gasteiger partial charge in [-0.25, -0.2) is 0 Å². The molecule has 0 heterocycles. The third-order valence-corrected chi connectivity index (χ3v) is 9.37. The third-order valence-electron chi connectivity index (χ3n) is 9.37. The Morgan fingerprint density at radius 2 is 1.45 bits per heavy atom. The molecule has 5 aromatic rings. The molecule has 5 aromatic carbocycles. The zero-order valence-corrected chi connectivity index (χ0v) is 24.1. The van der Waals surface area contributed by atoms with Crippen LogP contribution in [-0.2, 0) is 12.8 Å². The maximum atomic E-state index is 3.92. The number of hydrogen-bond acceptors (Lipinski definition) is 1. The molecule has 204 valence electrons. The molecule has 3 aliphatic carbocycles. The van der Waals surface area contributed by atoms with Gasteiger partial charge in [-0.05, 0) is 99.2 Å². The van der Waals surface area contributed by atoms with Gasteiger partial charge in [0.2, 0.25) is 0 Å². The second-order valence-corrected chi connectivity index (χ2v) is 12.1. The van der Waals surface area contributed by atoms with Crippen molar-refractivity contribution in [3.05, 3.63) is 161 Å². The van der Waals surface area contributed by atoms with Crippen LogP contribution in [0.5, 0.6) is 0 Å². The van der Waals surface area contributed by atoms with Crippen molar-refractivity contribution >= 4 is 27.1 Å². The van der Waals surface area contributed by atoms with Gasteiger partial charge in [0.25, 0.3) is 0 Å². The molecule has 1 nitrogen and oxygen atoms in total. The number of rotatable bonds is 5. The molecular formula is C41H35N. The SMILES string of the molecule is Cc1cccc(-c2c3ccccc3c(C3=CC(NC4=CC=CC(c5ccc6c(c5)CC6)C4)CC=C3)c3ccccc23)c1. The van der Waals surface area contributed by atoms with E-state index in [-0.39, 0.29) is 6.04 Å². The molecule has 0 amide bonds. The van der Waals surface area contributed by atoms with Gasteiger partial charge in [0, 0.05) is 17.7 Å². The number of nitrogens with one attached hydrogen (secondary N) is 1. The fourth-order valence-electron chi connectivity index (χ4n) is 7.20. The van der Waals surface area contributed by atoms with E-state index in [9.17, 15) is 0 Å². The number of allylic oxidation sites excluding steroid dienone is 6. The van der Waals surface area contributed by atoms with Crippen molar-refractivity contribution in [1.29, 1.82) is 0 Å². The van der Waals surface area contributed by atoms with Crippen LogP contribution in [0.25, 0.3) is 38.2 Å². The fourth-order valence-corrected chi connectivity index (χ4v) is 7.20. The van der Waals surface area contributed by atoms with Crippen LogP contribution in [-0.4, -0.2) is 6.04 Å². The van der Waals surface area contributed by atoms with Gasteiger partial charge in [-0.15, -0.1) is 0 Å². The first-order chi connectivity index (χ1) is 20.7. The Hall–Kier alpha value is -4.62. The summed E-state index contributed by atoms with van der Waals surface area (Å²) in [5, 5.41) is 9.16. The molecule has 0 saturated heterocycles. The number of benzene rings is 5. The van der Waals surface area contributed by atoms with Crippen molar-refractivity contribution in [1.82, 2.24) is 5.32 Å². The predicted molar refractivity (Wildman–Crippen MR) is 179 cm³/mol. The summed E-state index contributed by atoms with van der Waals surface area (Å²) in [6, 6.07) is 34.2. The monoisotopic (exact) mass is 541 g/mol. The van der Waals surface area contributed by atoms with Crippen molar-refractivity contribution in [2.24, 2.45) is 0 Å². The van der Waals surface area contributed by atoms with Crippen LogP contribution in [0, 0.1) is 6.92 Å². The number of aryl methyl sites for hydroxylation is 3. The van der Waals surface area contributed by atoms with E-state index in [0.29, 0.717) is 5.92 Å². The first kappa shape index (κ1) is 25.1. The van der Waals surface area contributed by atoms with E-state index in [1.54, 1.807) is 5.56 Å². The molecule has 0 aromatic heterocycles. The summed E-state index contributed by atoms with van der Waals surface area (Å²) < 4.78 is 0. The number of hydrogen-bond donors (Lipinski definition) is 1. The topological polar surface area (TPSA) is 12.0 Å². The Morgan fingerprint density at radius 1 is 0.714 bits per heavy atom.